The van der Waals surface area contributed by atoms with E-state index in [1.165, 1.54) is 0 Å². The highest BCUT2D eigenvalue weighted by molar-refractivity contribution is 5.61. The second-order valence-electron chi connectivity index (χ2n) is 5.02. The molecule has 102 valence electrons. The lowest BCUT2D eigenvalue weighted by Gasteiger charge is -2.01. The summed E-state index contributed by atoms with van der Waals surface area (Å²) in [7, 11) is 0. The number of nitrogens with one attached hydrogen (secondary N) is 2. The van der Waals surface area contributed by atoms with Crippen LogP contribution in [0.2, 0.25) is 0 Å². The van der Waals surface area contributed by atoms with E-state index in [2.05, 4.69) is 15.3 Å². The molecule has 3 aromatic rings. The van der Waals surface area contributed by atoms with E-state index in [4.69, 9.17) is 0 Å². The van der Waals surface area contributed by atoms with Crippen LogP contribution in [0.15, 0.2) is 35.1 Å². The highest BCUT2D eigenvalue weighted by atomic mass is 16.1. The fourth-order valence-electron chi connectivity index (χ4n) is 2.27. The number of benzene rings is 1. The Morgan fingerprint density at radius 3 is 2.40 bits per heavy atom. The van der Waals surface area contributed by atoms with E-state index >= 15 is 0 Å². The van der Waals surface area contributed by atoms with Gasteiger partial charge in [-0.2, -0.15) is 5.10 Å². The maximum Gasteiger partial charge on any atom is 0.281 e. The Kier molecular flexibility index (Phi) is 2.82. The van der Waals surface area contributed by atoms with E-state index < -0.39 is 0 Å². The summed E-state index contributed by atoms with van der Waals surface area (Å²) in [6, 6.07) is 9.68. The maximum absolute atomic E-state index is 12.6. The molecule has 0 saturated heterocycles. The molecule has 5 nitrogen and oxygen atoms in total. The van der Waals surface area contributed by atoms with Crippen LogP contribution >= 0.6 is 0 Å². The van der Waals surface area contributed by atoms with Crippen LogP contribution in [0.4, 0.5) is 0 Å². The average Bonchev–Trinajstić information content (AvgIpc) is 2.95. The SMILES string of the molecule is Cc1ccc(-n2[nH]c(C)c(-c3cc(C)[nH]n3)c2=O)cc1. The Bertz CT molecular complexity index is 805. The zero-order valence-electron chi connectivity index (χ0n) is 11.7. The second kappa shape index (κ2) is 4.52. The molecule has 0 aliphatic rings. The van der Waals surface area contributed by atoms with Crippen molar-refractivity contribution in [2.75, 3.05) is 0 Å². The summed E-state index contributed by atoms with van der Waals surface area (Å²) in [5.41, 5.74) is 4.92. The Morgan fingerprint density at radius 1 is 1.10 bits per heavy atom. The fraction of sp³-hybridized carbons (Fsp3) is 0.200. The van der Waals surface area contributed by atoms with Crippen molar-refractivity contribution in [3.8, 4) is 16.9 Å². The molecule has 0 amide bonds. The highest BCUT2D eigenvalue weighted by Gasteiger charge is 2.16. The van der Waals surface area contributed by atoms with Crippen molar-refractivity contribution in [3.63, 3.8) is 0 Å². The van der Waals surface area contributed by atoms with Crippen LogP contribution in [0.3, 0.4) is 0 Å². The predicted molar refractivity (Wildman–Crippen MR) is 78.2 cm³/mol. The van der Waals surface area contributed by atoms with Crippen LogP contribution in [0.1, 0.15) is 17.0 Å². The first kappa shape index (κ1) is 12.5. The molecule has 2 heterocycles. The smallest absolute Gasteiger partial charge is 0.281 e. The molecule has 0 saturated carbocycles. The van der Waals surface area contributed by atoms with Gasteiger partial charge in [0, 0.05) is 11.4 Å². The van der Waals surface area contributed by atoms with Gasteiger partial charge in [-0.25, -0.2) is 4.68 Å². The first-order valence-corrected chi connectivity index (χ1v) is 6.47. The van der Waals surface area contributed by atoms with E-state index in [-0.39, 0.29) is 5.56 Å². The Labute approximate surface area is 116 Å². The summed E-state index contributed by atoms with van der Waals surface area (Å²) < 4.78 is 1.55. The summed E-state index contributed by atoms with van der Waals surface area (Å²) in [6.07, 6.45) is 0. The van der Waals surface area contributed by atoms with Crippen LogP contribution in [-0.2, 0) is 0 Å². The van der Waals surface area contributed by atoms with Gasteiger partial charge in [0.05, 0.1) is 16.9 Å². The minimum atomic E-state index is -0.0853. The normalized spacial score (nSPS) is 10.9. The molecule has 0 aliphatic carbocycles. The van der Waals surface area contributed by atoms with Gasteiger partial charge in [-0.05, 0) is 39.0 Å². The first-order chi connectivity index (χ1) is 9.56. The lowest BCUT2D eigenvalue weighted by molar-refractivity contribution is 0.835. The van der Waals surface area contributed by atoms with Gasteiger partial charge in [-0.1, -0.05) is 17.7 Å². The molecule has 2 aromatic heterocycles. The van der Waals surface area contributed by atoms with Crippen molar-refractivity contribution in [1.82, 2.24) is 20.0 Å². The molecule has 0 atom stereocenters. The summed E-state index contributed by atoms with van der Waals surface area (Å²) in [4.78, 5) is 12.6. The topological polar surface area (TPSA) is 66.5 Å². The number of nitrogens with zero attached hydrogens (tertiary/aromatic N) is 2. The van der Waals surface area contributed by atoms with E-state index in [1.807, 2.05) is 51.1 Å². The third-order valence-electron chi connectivity index (χ3n) is 3.33. The second-order valence-corrected chi connectivity index (χ2v) is 5.02. The summed E-state index contributed by atoms with van der Waals surface area (Å²) in [5, 5.41) is 10.1. The molecule has 20 heavy (non-hydrogen) atoms. The Hall–Kier alpha value is -2.56. The van der Waals surface area contributed by atoms with Crippen molar-refractivity contribution in [2.45, 2.75) is 20.8 Å². The van der Waals surface area contributed by atoms with E-state index in [1.54, 1.807) is 4.68 Å². The predicted octanol–water partition coefficient (Wildman–Crippen LogP) is 2.48. The van der Waals surface area contributed by atoms with Crippen LogP contribution in [0, 0.1) is 20.8 Å². The van der Waals surface area contributed by atoms with Gasteiger partial charge in [-0.15, -0.1) is 0 Å². The summed E-state index contributed by atoms with van der Waals surface area (Å²) >= 11 is 0. The number of rotatable bonds is 2. The van der Waals surface area contributed by atoms with Crippen LogP contribution in [-0.4, -0.2) is 20.0 Å². The first-order valence-electron chi connectivity index (χ1n) is 6.47. The van der Waals surface area contributed by atoms with Gasteiger partial charge in [0.2, 0.25) is 0 Å². The van der Waals surface area contributed by atoms with Gasteiger partial charge in [0.25, 0.3) is 5.56 Å². The molecule has 5 heteroatoms. The van der Waals surface area contributed by atoms with Crippen molar-refractivity contribution in [1.29, 1.82) is 0 Å². The zero-order chi connectivity index (χ0) is 14.3. The number of H-pyrrole nitrogens is 2. The van der Waals surface area contributed by atoms with Crippen LogP contribution in [0.25, 0.3) is 16.9 Å². The minimum Gasteiger partial charge on any atom is -0.295 e. The molecular weight excluding hydrogens is 252 g/mol. The van der Waals surface area contributed by atoms with Crippen molar-refractivity contribution in [2.24, 2.45) is 0 Å². The molecule has 0 spiro atoms. The molecule has 0 bridgehead atoms. The molecule has 0 fully saturated rings. The van der Waals surface area contributed by atoms with Gasteiger partial charge >= 0.3 is 0 Å². The quantitative estimate of drug-likeness (QED) is 0.749. The summed E-state index contributed by atoms with van der Waals surface area (Å²) in [5.74, 6) is 0. The highest BCUT2D eigenvalue weighted by Crippen LogP contribution is 2.18. The monoisotopic (exact) mass is 268 g/mol. The van der Waals surface area contributed by atoms with Gasteiger partial charge in [0.15, 0.2) is 0 Å². The van der Waals surface area contributed by atoms with Crippen molar-refractivity contribution in [3.05, 3.63) is 57.6 Å². The van der Waals surface area contributed by atoms with Crippen LogP contribution < -0.4 is 5.56 Å². The number of aryl methyl sites for hydroxylation is 3. The molecule has 0 radical (unpaired) electrons. The van der Waals surface area contributed by atoms with E-state index in [9.17, 15) is 4.79 Å². The van der Waals surface area contributed by atoms with E-state index in [0.717, 1.165) is 22.6 Å². The molecule has 3 rings (SSSR count). The fourth-order valence-corrected chi connectivity index (χ4v) is 2.27. The molecule has 0 unspecified atom stereocenters. The molecule has 0 aliphatic heterocycles. The standard InChI is InChI=1S/C15H16N4O/c1-9-4-6-12(7-5-9)19-15(20)14(11(3)18-19)13-8-10(2)16-17-13/h4-8,18H,1-3H3,(H,16,17). The lowest BCUT2D eigenvalue weighted by atomic mass is 10.2. The van der Waals surface area contributed by atoms with Crippen molar-refractivity contribution >= 4 is 0 Å². The minimum absolute atomic E-state index is 0.0853. The summed E-state index contributed by atoms with van der Waals surface area (Å²) in [6.45, 7) is 5.81. The zero-order valence-corrected chi connectivity index (χ0v) is 11.7. The maximum atomic E-state index is 12.6. The van der Waals surface area contributed by atoms with Crippen molar-refractivity contribution < 1.29 is 0 Å². The third kappa shape index (κ3) is 1.97. The van der Waals surface area contributed by atoms with Gasteiger partial charge in [0.1, 0.15) is 0 Å². The Morgan fingerprint density at radius 2 is 1.80 bits per heavy atom. The van der Waals surface area contributed by atoms with Gasteiger partial charge < -0.3 is 0 Å². The number of aromatic nitrogens is 4. The lowest BCUT2D eigenvalue weighted by Crippen LogP contribution is -2.15. The third-order valence-corrected chi connectivity index (χ3v) is 3.33. The number of hydrogen-bond acceptors (Lipinski definition) is 2. The largest absolute Gasteiger partial charge is 0.295 e. The molecule has 2 N–H and O–H groups in total. The van der Waals surface area contributed by atoms with Crippen LogP contribution in [0.5, 0.6) is 0 Å². The molecule has 1 aromatic carbocycles. The Balaban J connectivity index is 2.16. The average molecular weight is 268 g/mol. The number of aromatic amines is 2. The van der Waals surface area contributed by atoms with Gasteiger partial charge in [-0.3, -0.25) is 15.0 Å². The molecular formula is C15H16N4O. The number of hydrogen-bond donors (Lipinski definition) is 2. The van der Waals surface area contributed by atoms with E-state index in [0.29, 0.717) is 11.3 Å².